The van der Waals surface area contributed by atoms with Crippen molar-refractivity contribution < 1.29 is 28.6 Å². The van der Waals surface area contributed by atoms with E-state index in [1.54, 1.807) is 48.3 Å². The number of likely N-dealkylation sites (N-methyl/N-ethyl adjacent to an activating group) is 1. The number of hydrogen-bond acceptors (Lipinski definition) is 8. The van der Waals surface area contributed by atoms with Gasteiger partial charge in [0.05, 0.1) is 36.8 Å². The van der Waals surface area contributed by atoms with Crippen LogP contribution in [0.5, 0.6) is 17.2 Å². The van der Waals surface area contributed by atoms with Crippen molar-refractivity contribution in [2.75, 3.05) is 70.8 Å². The summed E-state index contributed by atoms with van der Waals surface area (Å²) in [5.41, 5.74) is 8.48. The van der Waals surface area contributed by atoms with E-state index in [-0.39, 0.29) is 23.8 Å². The van der Waals surface area contributed by atoms with Crippen molar-refractivity contribution in [2.45, 2.75) is 52.1 Å². The van der Waals surface area contributed by atoms with E-state index in [0.29, 0.717) is 65.7 Å². The smallest absolute Gasteiger partial charge is 0.259 e. The van der Waals surface area contributed by atoms with Gasteiger partial charge >= 0.3 is 0 Å². The van der Waals surface area contributed by atoms with Gasteiger partial charge in [0.2, 0.25) is 5.91 Å². The number of unbranched alkanes of at least 4 members (excludes halogenated alkanes) is 2. The molecular formula is C38H51N5O6. The lowest BCUT2D eigenvalue weighted by Gasteiger charge is -2.32. The first-order chi connectivity index (χ1) is 23.6. The minimum atomic E-state index is -0.367. The van der Waals surface area contributed by atoms with Crippen LogP contribution in [-0.2, 0) is 4.79 Å². The predicted octanol–water partition coefficient (Wildman–Crippen LogP) is 5.36. The van der Waals surface area contributed by atoms with Crippen LogP contribution in [0, 0.1) is 6.92 Å². The number of amides is 3. The molecule has 0 unspecified atom stereocenters. The van der Waals surface area contributed by atoms with Crippen LogP contribution in [0.4, 0.5) is 11.4 Å². The molecule has 1 fully saturated rings. The molecule has 49 heavy (non-hydrogen) atoms. The molecule has 1 aliphatic rings. The molecule has 0 aliphatic carbocycles. The fourth-order valence-electron chi connectivity index (χ4n) is 5.65. The van der Waals surface area contributed by atoms with Gasteiger partial charge in [-0.3, -0.25) is 14.4 Å². The number of carbonyl (C=O) groups excluding carboxylic acids is 3. The molecule has 1 aliphatic heterocycles. The average molecular weight is 674 g/mol. The fraction of sp³-hybridized carbons (Fsp3) is 0.447. The van der Waals surface area contributed by atoms with Crippen molar-refractivity contribution in [3.8, 4) is 17.2 Å². The molecule has 3 amide bonds. The molecule has 1 heterocycles. The molecule has 11 heteroatoms. The highest BCUT2D eigenvalue weighted by molar-refractivity contribution is 6.09. The van der Waals surface area contributed by atoms with Crippen LogP contribution in [0.15, 0.2) is 60.7 Å². The van der Waals surface area contributed by atoms with Gasteiger partial charge in [-0.1, -0.05) is 18.2 Å². The summed E-state index contributed by atoms with van der Waals surface area (Å²) in [5.74, 6) is 1.01. The lowest BCUT2D eigenvalue weighted by molar-refractivity contribution is -0.132. The van der Waals surface area contributed by atoms with Crippen LogP contribution in [0.3, 0.4) is 0 Å². The van der Waals surface area contributed by atoms with Gasteiger partial charge in [-0.25, -0.2) is 0 Å². The third-order valence-corrected chi connectivity index (χ3v) is 8.66. The number of methoxy groups -OCH3 is 1. The maximum Gasteiger partial charge on any atom is 0.259 e. The third-order valence-electron chi connectivity index (χ3n) is 8.66. The van der Waals surface area contributed by atoms with Gasteiger partial charge in [0.25, 0.3) is 11.8 Å². The largest absolute Gasteiger partial charge is 0.495 e. The van der Waals surface area contributed by atoms with E-state index >= 15 is 0 Å². The average Bonchev–Trinajstić information content (AvgIpc) is 3.09. The number of para-hydroxylation sites is 1. The van der Waals surface area contributed by atoms with Gasteiger partial charge in [0.15, 0.2) is 0 Å². The van der Waals surface area contributed by atoms with Crippen LogP contribution in [0.25, 0.3) is 0 Å². The number of aryl methyl sites for hydroxylation is 1. The maximum absolute atomic E-state index is 13.7. The molecular weight excluding hydrogens is 622 g/mol. The van der Waals surface area contributed by atoms with Crippen molar-refractivity contribution in [3.63, 3.8) is 0 Å². The molecule has 1 atom stereocenters. The number of ether oxygens (including phenoxy) is 3. The number of nitrogens with two attached hydrogens (primary N) is 1. The second-order valence-electron chi connectivity index (χ2n) is 12.5. The zero-order valence-electron chi connectivity index (χ0n) is 29.5. The van der Waals surface area contributed by atoms with E-state index in [1.165, 1.54) is 7.11 Å². The van der Waals surface area contributed by atoms with E-state index in [9.17, 15) is 14.4 Å². The van der Waals surface area contributed by atoms with Crippen molar-refractivity contribution in [2.24, 2.45) is 5.73 Å². The number of hydrogen-bond donors (Lipinski definition) is 2. The summed E-state index contributed by atoms with van der Waals surface area (Å²) in [6.07, 6.45) is 3.56. The second kappa shape index (κ2) is 18.2. The molecule has 11 nitrogen and oxygen atoms in total. The highest BCUT2D eigenvalue weighted by atomic mass is 16.5. The number of anilines is 2. The lowest BCUT2D eigenvalue weighted by atomic mass is 10.1. The molecule has 3 aromatic carbocycles. The van der Waals surface area contributed by atoms with E-state index in [4.69, 9.17) is 19.9 Å². The van der Waals surface area contributed by atoms with Gasteiger partial charge in [-0.2, -0.15) is 0 Å². The normalized spacial score (nSPS) is 13.8. The fourth-order valence-corrected chi connectivity index (χ4v) is 5.65. The maximum atomic E-state index is 13.7. The van der Waals surface area contributed by atoms with Crippen molar-refractivity contribution in [3.05, 3.63) is 77.4 Å². The molecule has 0 aromatic heterocycles. The number of benzene rings is 3. The summed E-state index contributed by atoms with van der Waals surface area (Å²) in [4.78, 5) is 45.3. The highest BCUT2D eigenvalue weighted by Crippen LogP contribution is 2.32. The van der Waals surface area contributed by atoms with Crippen LogP contribution in [0.2, 0.25) is 0 Å². The Morgan fingerprint density at radius 2 is 1.69 bits per heavy atom. The van der Waals surface area contributed by atoms with Crippen molar-refractivity contribution in [1.29, 1.82) is 0 Å². The van der Waals surface area contributed by atoms with Crippen LogP contribution < -0.4 is 30.2 Å². The quantitative estimate of drug-likeness (QED) is 0.195. The highest BCUT2D eigenvalue weighted by Gasteiger charge is 2.22. The topological polar surface area (TPSA) is 127 Å². The minimum Gasteiger partial charge on any atom is -0.495 e. The molecule has 1 saturated heterocycles. The first-order valence-corrected chi connectivity index (χ1v) is 17.0. The number of piperazine rings is 1. The predicted molar refractivity (Wildman–Crippen MR) is 193 cm³/mol. The summed E-state index contributed by atoms with van der Waals surface area (Å²) >= 11 is 0. The van der Waals surface area contributed by atoms with Crippen molar-refractivity contribution >= 4 is 29.1 Å². The summed E-state index contributed by atoms with van der Waals surface area (Å²) < 4.78 is 17.7. The molecule has 0 radical (unpaired) electrons. The lowest BCUT2D eigenvalue weighted by Crippen LogP contribution is -2.47. The Morgan fingerprint density at radius 1 is 0.939 bits per heavy atom. The van der Waals surface area contributed by atoms with Crippen LogP contribution in [0.1, 0.15) is 65.3 Å². The van der Waals surface area contributed by atoms with E-state index < -0.39 is 0 Å². The van der Waals surface area contributed by atoms with Gasteiger partial charge in [0, 0.05) is 45.2 Å². The molecule has 0 saturated carbocycles. The Kier molecular flexibility index (Phi) is 13.8. The third kappa shape index (κ3) is 10.4. The van der Waals surface area contributed by atoms with Gasteiger partial charge < -0.3 is 40.0 Å². The van der Waals surface area contributed by atoms with Gasteiger partial charge in [-0.15, -0.1) is 0 Å². The Hall–Kier alpha value is -4.61. The Balaban J connectivity index is 1.36. The molecule has 0 bridgehead atoms. The summed E-state index contributed by atoms with van der Waals surface area (Å²) in [6, 6.07) is 17.7. The number of nitrogens with zero attached hydrogens (tertiary/aromatic N) is 3. The first kappa shape index (κ1) is 37.2. The molecule has 264 valence electrons. The molecule has 0 spiro atoms. The standard InChI is InChI=1S/C38H51N5O6/c1-27-14-17-32(35(25-27)48-24-10-6-7-13-36(44)43-22-20-41(3)21-23-43)42(4)38(46)29-15-16-31(34(26-29)47-5)40-37(45)30-11-8-9-12-33(30)49-28(2)18-19-39/h8-9,11-12,14-17,25-26,28H,6-7,10,13,18-24,39H2,1-5H3,(H,40,45)/t28-/m1/s1. The molecule has 3 N–H and O–H groups in total. The number of rotatable bonds is 16. The van der Waals surface area contributed by atoms with E-state index in [1.807, 2.05) is 43.0 Å². The number of carbonyl (C=O) groups is 3. The van der Waals surface area contributed by atoms with Gasteiger partial charge in [-0.05, 0) is 101 Å². The Morgan fingerprint density at radius 3 is 2.43 bits per heavy atom. The summed E-state index contributed by atoms with van der Waals surface area (Å²) in [7, 11) is 5.27. The minimum absolute atomic E-state index is 0.149. The number of nitrogens with one attached hydrogen (secondary N) is 1. The first-order valence-electron chi connectivity index (χ1n) is 17.0. The zero-order valence-corrected chi connectivity index (χ0v) is 29.5. The van der Waals surface area contributed by atoms with Crippen LogP contribution >= 0.6 is 0 Å². The SMILES string of the molecule is COc1cc(C(=O)N(C)c2ccc(C)cc2OCCCCCC(=O)N2CCN(C)CC2)ccc1NC(=O)c1ccccc1O[C@H](C)CCN. The Labute approximate surface area is 290 Å². The molecule has 4 rings (SSSR count). The van der Waals surface area contributed by atoms with Crippen molar-refractivity contribution in [1.82, 2.24) is 9.80 Å². The van der Waals surface area contributed by atoms with E-state index in [0.717, 1.165) is 51.0 Å². The van der Waals surface area contributed by atoms with E-state index in [2.05, 4.69) is 17.3 Å². The summed E-state index contributed by atoms with van der Waals surface area (Å²) in [6.45, 7) is 8.29. The summed E-state index contributed by atoms with van der Waals surface area (Å²) in [5, 5.41) is 2.89. The zero-order chi connectivity index (χ0) is 35.3. The van der Waals surface area contributed by atoms with Gasteiger partial charge in [0.1, 0.15) is 17.2 Å². The monoisotopic (exact) mass is 673 g/mol. The second-order valence-corrected chi connectivity index (χ2v) is 12.5. The molecule has 3 aromatic rings. The van der Waals surface area contributed by atoms with Crippen LogP contribution in [-0.4, -0.2) is 94.2 Å². The Bertz CT molecular complexity index is 1570.